The standard InChI is InChI=1S/C40H47F3N6O5/c1-38(2,3)32(49-37(53)54-39-19-23-14-24(20-39)16-25(15-23)21-39)35(52)48-31(28-11-10-26-6-4-5-7-27(26)18-28)34(51)47-30(33(50)40(41,42)43)17-22-8-12-29(13-9-22)46-36(44)45/h4-13,18,23-25,30-32H,14-17,19-21H2,1-3H3,(H,47,51)(H,48,52)(H,49,53)(H4,44,45,46)/t23?,24?,25?,30?,31-,32-,39?/m0/s1. The quantitative estimate of drug-likeness (QED) is 0.120. The minimum atomic E-state index is -5.28. The van der Waals surface area contributed by atoms with Crippen molar-refractivity contribution in [3.05, 3.63) is 77.9 Å². The molecule has 0 aliphatic heterocycles. The van der Waals surface area contributed by atoms with E-state index in [1.807, 2.05) is 12.1 Å². The lowest BCUT2D eigenvalue weighted by Crippen LogP contribution is -2.59. The molecule has 11 nitrogen and oxygen atoms in total. The molecule has 3 atom stereocenters. The molecule has 3 aromatic carbocycles. The Morgan fingerprint density at radius 3 is 1.96 bits per heavy atom. The van der Waals surface area contributed by atoms with Gasteiger partial charge in [-0.3, -0.25) is 14.4 Å². The molecular weight excluding hydrogens is 701 g/mol. The highest BCUT2D eigenvalue weighted by molar-refractivity contribution is 5.97. The van der Waals surface area contributed by atoms with Crippen molar-refractivity contribution in [2.45, 2.75) is 95.6 Å². The number of benzene rings is 3. The number of rotatable bonds is 11. The molecule has 3 amide bonds. The molecule has 4 bridgehead atoms. The van der Waals surface area contributed by atoms with Gasteiger partial charge in [-0.1, -0.05) is 69.3 Å². The topological polar surface area (TPSA) is 178 Å². The van der Waals surface area contributed by atoms with E-state index in [2.05, 4.69) is 20.9 Å². The maximum Gasteiger partial charge on any atom is 0.452 e. The van der Waals surface area contributed by atoms with Gasteiger partial charge < -0.3 is 32.2 Å². The maximum atomic E-state index is 14.2. The number of alkyl carbamates (subject to hydrolysis) is 1. The van der Waals surface area contributed by atoms with Gasteiger partial charge in [0.15, 0.2) is 5.96 Å². The van der Waals surface area contributed by atoms with E-state index in [0.29, 0.717) is 28.8 Å². The number of halogens is 3. The minimum Gasteiger partial charge on any atom is -0.443 e. The lowest BCUT2D eigenvalue weighted by atomic mass is 9.54. The van der Waals surface area contributed by atoms with Gasteiger partial charge in [-0.2, -0.15) is 13.2 Å². The summed E-state index contributed by atoms with van der Waals surface area (Å²) in [6, 6.07) is 13.2. The Morgan fingerprint density at radius 2 is 1.41 bits per heavy atom. The lowest BCUT2D eigenvalue weighted by molar-refractivity contribution is -0.173. The summed E-state index contributed by atoms with van der Waals surface area (Å²) in [6.45, 7) is 5.22. The van der Waals surface area contributed by atoms with E-state index in [1.54, 1.807) is 51.1 Å². The third-order valence-electron chi connectivity index (χ3n) is 10.9. The van der Waals surface area contributed by atoms with Crippen molar-refractivity contribution in [2.75, 3.05) is 0 Å². The molecule has 4 saturated carbocycles. The first-order valence-corrected chi connectivity index (χ1v) is 18.3. The SMILES string of the molecule is CC(C)(C)[C@@H](NC(=O)OC12CC3CC(CC(C3)C1)C2)C(=O)N[C@H](C(=O)NC(Cc1ccc(N=C(N)N)cc1)C(=O)C(F)(F)F)c1ccc2ccccc2c1. The normalized spacial score (nSPS) is 23.5. The fraction of sp³-hybridized carbons (Fsp3) is 0.475. The zero-order chi connectivity index (χ0) is 39.0. The summed E-state index contributed by atoms with van der Waals surface area (Å²) in [5.74, 6) is -2.65. The van der Waals surface area contributed by atoms with Crippen LogP contribution in [0.1, 0.15) is 76.5 Å². The first kappa shape index (κ1) is 38.6. The monoisotopic (exact) mass is 748 g/mol. The molecule has 54 heavy (non-hydrogen) atoms. The van der Waals surface area contributed by atoms with Crippen molar-refractivity contribution >= 4 is 46.1 Å². The predicted molar refractivity (Wildman–Crippen MR) is 197 cm³/mol. The van der Waals surface area contributed by atoms with Crippen LogP contribution >= 0.6 is 0 Å². The Kier molecular flexibility index (Phi) is 10.7. The van der Waals surface area contributed by atoms with E-state index >= 15 is 0 Å². The van der Waals surface area contributed by atoms with Crippen molar-refractivity contribution in [2.24, 2.45) is 39.6 Å². The number of carbonyl (C=O) groups is 4. The molecule has 0 saturated heterocycles. The van der Waals surface area contributed by atoms with Crippen LogP contribution in [0, 0.1) is 23.2 Å². The Morgan fingerprint density at radius 1 is 0.815 bits per heavy atom. The zero-order valence-corrected chi connectivity index (χ0v) is 30.5. The molecule has 0 spiro atoms. The largest absolute Gasteiger partial charge is 0.452 e. The number of alkyl halides is 3. The summed E-state index contributed by atoms with van der Waals surface area (Å²) in [5.41, 5.74) is 10.2. The van der Waals surface area contributed by atoms with Crippen LogP contribution < -0.4 is 27.4 Å². The molecule has 0 aromatic heterocycles. The average Bonchev–Trinajstić information content (AvgIpc) is 3.07. The first-order chi connectivity index (χ1) is 25.4. The van der Waals surface area contributed by atoms with Crippen LogP contribution in [0.2, 0.25) is 0 Å². The Labute approximate surface area is 311 Å². The van der Waals surface area contributed by atoms with E-state index in [0.717, 1.165) is 43.9 Å². The van der Waals surface area contributed by atoms with E-state index in [-0.39, 0.29) is 17.1 Å². The summed E-state index contributed by atoms with van der Waals surface area (Å²) in [7, 11) is 0. The molecule has 3 aromatic rings. The number of hydrogen-bond acceptors (Lipinski definition) is 6. The van der Waals surface area contributed by atoms with Gasteiger partial charge in [-0.15, -0.1) is 0 Å². The fourth-order valence-corrected chi connectivity index (χ4v) is 8.84. The van der Waals surface area contributed by atoms with Gasteiger partial charge in [-0.05, 0) is 102 Å². The molecule has 1 unspecified atom stereocenters. The molecule has 4 aliphatic carbocycles. The van der Waals surface area contributed by atoms with E-state index < -0.39 is 65.4 Å². The van der Waals surface area contributed by atoms with Crippen LogP contribution in [0.4, 0.5) is 23.7 Å². The van der Waals surface area contributed by atoms with Gasteiger partial charge in [0.1, 0.15) is 23.7 Å². The minimum absolute atomic E-state index is 0.217. The molecule has 4 aliphatic rings. The molecular formula is C40H47F3N6O5. The number of carbonyl (C=O) groups excluding carboxylic acids is 4. The fourth-order valence-electron chi connectivity index (χ4n) is 8.84. The number of nitrogens with zero attached hydrogens (tertiary/aromatic N) is 1. The van der Waals surface area contributed by atoms with Crippen LogP contribution in [0.3, 0.4) is 0 Å². The second-order valence-electron chi connectivity index (χ2n) is 16.3. The summed E-state index contributed by atoms with van der Waals surface area (Å²) >= 11 is 0. The predicted octanol–water partition coefficient (Wildman–Crippen LogP) is 5.87. The molecule has 7 rings (SSSR count). The average molecular weight is 749 g/mol. The van der Waals surface area contributed by atoms with Crippen molar-refractivity contribution in [1.82, 2.24) is 16.0 Å². The second kappa shape index (κ2) is 14.9. The van der Waals surface area contributed by atoms with Gasteiger partial charge >= 0.3 is 12.3 Å². The van der Waals surface area contributed by atoms with E-state index in [4.69, 9.17) is 16.2 Å². The van der Waals surface area contributed by atoms with E-state index in [9.17, 15) is 32.3 Å². The Bertz CT molecular complexity index is 1900. The van der Waals surface area contributed by atoms with Gasteiger partial charge in [-0.25, -0.2) is 9.79 Å². The van der Waals surface area contributed by atoms with Crippen molar-refractivity contribution < 1.29 is 37.1 Å². The number of hydrogen-bond donors (Lipinski definition) is 5. The number of fused-ring (bicyclic) bond motifs is 1. The van der Waals surface area contributed by atoms with Crippen molar-refractivity contribution in [1.29, 1.82) is 0 Å². The summed E-state index contributed by atoms with van der Waals surface area (Å²) in [5, 5.41) is 9.24. The highest BCUT2D eigenvalue weighted by Gasteiger charge is 2.53. The highest BCUT2D eigenvalue weighted by atomic mass is 19.4. The molecule has 4 fully saturated rings. The molecule has 288 valence electrons. The number of amides is 3. The number of nitrogens with one attached hydrogen (secondary N) is 3. The number of ketones is 1. The van der Waals surface area contributed by atoms with E-state index in [1.165, 1.54) is 24.3 Å². The number of guanidine groups is 1. The molecule has 14 heteroatoms. The third kappa shape index (κ3) is 8.96. The maximum absolute atomic E-state index is 14.2. The number of nitrogens with two attached hydrogens (primary N) is 2. The number of ether oxygens (including phenoxy) is 1. The summed E-state index contributed by atoms with van der Waals surface area (Å²) in [4.78, 5) is 58.5. The van der Waals surface area contributed by atoms with Crippen molar-refractivity contribution in [3.8, 4) is 0 Å². The van der Waals surface area contributed by atoms with Crippen LogP contribution in [0.5, 0.6) is 0 Å². The third-order valence-corrected chi connectivity index (χ3v) is 10.9. The number of aliphatic imine (C=N–C) groups is 1. The summed E-state index contributed by atoms with van der Waals surface area (Å²) in [6.07, 6.45) is -0.711. The Hall–Kier alpha value is -5.14. The smallest absolute Gasteiger partial charge is 0.443 e. The molecule has 0 heterocycles. The zero-order valence-electron chi connectivity index (χ0n) is 30.5. The van der Waals surface area contributed by atoms with Gasteiger partial charge in [0.25, 0.3) is 5.78 Å². The lowest BCUT2D eigenvalue weighted by Gasteiger charge is -2.55. The second-order valence-corrected chi connectivity index (χ2v) is 16.3. The van der Waals surface area contributed by atoms with Crippen molar-refractivity contribution in [3.63, 3.8) is 0 Å². The number of Topliss-reactive ketones (excluding diaryl/α,β-unsaturated/α-hetero) is 1. The Balaban J connectivity index is 1.26. The highest BCUT2D eigenvalue weighted by Crippen LogP contribution is 2.57. The van der Waals surface area contributed by atoms with Crippen LogP contribution in [0.25, 0.3) is 10.8 Å². The summed E-state index contributed by atoms with van der Waals surface area (Å²) < 4.78 is 47.9. The van der Waals surface area contributed by atoms with Crippen LogP contribution in [-0.4, -0.2) is 53.5 Å². The van der Waals surface area contributed by atoms with Crippen LogP contribution in [-0.2, 0) is 25.5 Å². The van der Waals surface area contributed by atoms with Gasteiger partial charge in [0, 0.05) is 6.42 Å². The van der Waals surface area contributed by atoms with Gasteiger partial charge in [0.2, 0.25) is 11.8 Å². The molecule has 0 radical (unpaired) electrons. The first-order valence-electron chi connectivity index (χ1n) is 18.3. The van der Waals surface area contributed by atoms with Gasteiger partial charge in [0.05, 0.1) is 5.69 Å². The molecule has 7 N–H and O–H groups in total. The van der Waals surface area contributed by atoms with Crippen LogP contribution in [0.15, 0.2) is 71.7 Å².